The number of amides is 2. The van der Waals surface area contributed by atoms with Crippen molar-refractivity contribution < 1.29 is 19.0 Å². The van der Waals surface area contributed by atoms with E-state index in [1.165, 1.54) is 0 Å². The second-order valence-electron chi connectivity index (χ2n) is 7.41. The largest absolute Gasteiger partial charge is 0.380 e. The molecule has 9 nitrogen and oxygen atoms in total. The van der Waals surface area contributed by atoms with Gasteiger partial charge in [-0.05, 0) is 23.8 Å². The molecular weight excluding hydrogens is 386 g/mol. The van der Waals surface area contributed by atoms with Crippen molar-refractivity contribution in [3.05, 3.63) is 41.9 Å². The summed E-state index contributed by atoms with van der Waals surface area (Å²) in [7, 11) is 5.29. The lowest BCUT2D eigenvalue weighted by Crippen LogP contribution is -2.30. The fourth-order valence-electron chi connectivity index (χ4n) is 3.90. The number of hydrogen-bond acceptors (Lipinski definition) is 6. The number of methoxy groups -OCH3 is 2. The Bertz CT molecular complexity index is 1090. The highest BCUT2D eigenvalue weighted by atomic mass is 16.5. The quantitative estimate of drug-likeness (QED) is 0.644. The van der Waals surface area contributed by atoms with Gasteiger partial charge in [-0.25, -0.2) is 14.8 Å². The molecule has 1 atom stereocenters. The van der Waals surface area contributed by atoms with Gasteiger partial charge in [0.15, 0.2) is 0 Å². The van der Waals surface area contributed by atoms with Gasteiger partial charge in [-0.3, -0.25) is 5.32 Å². The number of nitrogens with two attached hydrogens (primary N) is 1. The molecule has 0 saturated carbocycles. The van der Waals surface area contributed by atoms with Crippen LogP contribution in [-0.2, 0) is 33.5 Å². The lowest BCUT2D eigenvalue weighted by molar-refractivity contribution is -0.0246. The summed E-state index contributed by atoms with van der Waals surface area (Å²) in [5.74, 6) is 0.383. The maximum atomic E-state index is 11.3. The molecular formula is C21H25N5O4. The fraction of sp³-hybridized carbons (Fsp3) is 0.381. The van der Waals surface area contributed by atoms with E-state index in [2.05, 4.69) is 10.3 Å². The first-order chi connectivity index (χ1) is 14.5. The van der Waals surface area contributed by atoms with Gasteiger partial charge in [-0.2, -0.15) is 0 Å². The zero-order valence-corrected chi connectivity index (χ0v) is 17.3. The molecule has 1 saturated heterocycles. The van der Waals surface area contributed by atoms with Gasteiger partial charge in [0.1, 0.15) is 11.4 Å². The standard InChI is InChI=1S/C21H25N5O4/c1-26-10-15(14-8-19(25-20(22)27)23-9-17(14)26)16-6-13(11-28-2)7-18(24-16)21(29-3)4-5-30-12-21/h6-10H,4-5,11-12H2,1-3H3,(H3,22,23,25,27). The number of aromatic nitrogens is 3. The highest BCUT2D eigenvalue weighted by Gasteiger charge is 2.39. The van der Waals surface area contributed by atoms with Crippen LogP contribution in [0, 0.1) is 0 Å². The Balaban J connectivity index is 1.89. The van der Waals surface area contributed by atoms with Crippen LogP contribution in [0.4, 0.5) is 10.6 Å². The van der Waals surface area contributed by atoms with Crippen LogP contribution in [0.2, 0.25) is 0 Å². The first-order valence-electron chi connectivity index (χ1n) is 9.61. The number of urea groups is 1. The zero-order valence-electron chi connectivity index (χ0n) is 17.3. The van der Waals surface area contributed by atoms with Crippen LogP contribution < -0.4 is 11.1 Å². The van der Waals surface area contributed by atoms with Gasteiger partial charge >= 0.3 is 6.03 Å². The highest BCUT2D eigenvalue weighted by molar-refractivity contribution is 5.98. The summed E-state index contributed by atoms with van der Waals surface area (Å²) in [6.45, 7) is 1.53. The Kier molecular flexibility index (Phi) is 5.42. The van der Waals surface area contributed by atoms with Crippen molar-refractivity contribution in [2.75, 3.05) is 32.8 Å². The Labute approximate surface area is 174 Å². The molecule has 4 rings (SSSR count). The van der Waals surface area contributed by atoms with Crippen LogP contribution in [0.25, 0.3) is 22.2 Å². The summed E-state index contributed by atoms with van der Waals surface area (Å²) in [6, 6.07) is 5.15. The Morgan fingerprint density at radius 3 is 2.87 bits per heavy atom. The molecule has 0 aliphatic carbocycles. The third-order valence-corrected chi connectivity index (χ3v) is 5.44. The Morgan fingerprint density at radius 1 is 1.37 bits per heavy atom. The van der Waals surface area contributed by atoms with Gasteiger partial charge < -0.3 is 24.5 Å². The average Bonchev–Trinajstić information content (AvgIpc) is 3.33. The number of anilines is 1. The van der Waals surface area contributed by atoms with E-state index in [4.69, 9.17) is 24.9 Å². The van der Waals surface area contributed by atoms with Gasteiger partial charge in [0.2, 0.25) is 0 Å². The highest BCUT2D eigenvalue weighted by Crippen LogP contribution is 2.36. The fourth-order valence-corrected chi connectivity index (χ4v) is 3.90. The van der Waals surface area contributed by atoms with E-state index in [9.17, 15) is 4.79 Å². The molecule has 4 heterocycles. The topological polar surface area (TPSA) is 114 Å². The van der Waals surface area contributed by atoms with Gasteiger partial charge in [0.25, 0.3) is 0 Å². The molecule has 0 aromatic carbocycles. The minimum Gasteiger partial charge on any atom is -0.380 e. The van der Waals surface area contributed by atoms with Gasteiger partial charge in [-0.15, -0.1) is 0 Å². The van der Waals surface area contributed by atoms with E-state index < -0.39 is 11.6 Å². The summed E-state index contributed by atoms with van der Waals surface area (Å²) in [5.41, 5.74) is 9.07. The molecule has 30 heavy (non-hydrogen) atoms. The number of carbonyl (C=O) groups is 1. The molecule has 3 N–H and O–H groups in total. The van der Waals surface area contributed by atoms with Crippen LogP contribution in [0.1, 0.15) is 17.7 Å². The predicted molar refractivity (Wildman–Crippen MR) is 112 cm³/mol. The van der Waals surface area contributed by atoms with Crippen LogP contribution >= 0.6 is 0 Å². The van der Waals surface area contributed by atoms with Crippen molar-refractivity contribution in [3.8, 4) is 11.3 Å². The molecule has 3 aromatic heterocycles. The minimum atomic E-state index is -0.662. The third-order valence-electron chi connectivity index (χ3n) is 5.44. The van der Waals surface area contributed by atoms with E-state index >= 15 is 0 Å². The summed E-state index contributed by atoms with van der Waals surface area (Å²) in [5, 5.41) is 3.43. The first-order valence-corrected chi connectivity index (χ1v) is 9.61. The maximum Gasteiger partial charge on any atom is 0.317 e. The summed E-state index contributed by atoms with van der Waals surface area (Å²) in [6.07, 6.45) is 4.43. The number of hydrogen-bond donors (Lipinski definition) is 2. The number of primary amides is 1. The number of ether oxygens (including phenoxy) is 3. The Hall–Kier alpha value is -3.01. The van der Waals surface area contributed by atoms with Crippen LogP contribution in [0.5, 0.6) is 0 Å². The van der Waals surface area contributed by atoms with Crippen molar-refractivity contribution in [2.45, 2.75) is 18.6 Å². The second-order valence-corrected chi connectivity index (χ2v) is 7.41. The number of nitrogens with one attached hydrogen (secondary N) is 1. The van der Waals surface area contributed by atoms with E-state index in [1.807, 2.05) is 29.9 Å². The molecule has 0 radical (unpaired) electrons. The number of fused-ring (bicyclic) bond motifs is 1. The number of aryl methyl sites for hydroxylation is 1. The van der Waals surface area contributed by atoms with Crippen LogP contribution in [0.15, 0.2) is 30.6 Å². The van der Waals surface area contributed by atoms with Crippen LogP contribution in [-0.4, -0.2) is 48.0 Å². The predicted octanol–water partition coefficient (Wildman–Crippen LogP) is 2.53. The molecule has 9 heteroatoms. The lowest BCUT2D eigenvalue weighted by Gasteiger charge is -2.26. The number of pyridine rings is 2. The molecule has 0 bridgehead atoms. The van der Waals surface area contributed by atoms with Gasteiger partial charge in [0.05, 0.1) is 36.3 Å². The molecule has 1 aliphatic heterocycles. The van der Waals surface area contributed by atoms with Crippen molar-refractivity contribution in [2.24, 2.45) is 12.8 Å². The molecule has 2 amide bonds. The third kappa shape index (κ3) is 3.62. The molecule has 3 aromatic rings. The van der Waals surface area contributed by atoms with Crippen molar-refractivity contribution in [1.82, 2.24) is 14.5 Å². The summed E-state index contributed by atoms with van der Waals surface area (Å²) >= 11 is 0. The van der Waals surface area contributed by atoms with E-state index in [-0.39, 0.29) is 0 Å². The lowest BCUT2D eigenvalue weighted by atomic mass is 9.95. The molecule has 0 spiro atoms. The summed E-state index contributed by atoms with van der Waals surface area (Å²) in [4.78, 5) is 20.5. The van der Waals surface area contributed by atoms with Crippen LogP contribution in [0.3, 0.4) is 0 Å². The SMILES string of the molecule is COCc1cc(-c2cn(C)c3cnc(NC(N)=O)cc23)nc(C2(OC)CCOC2)c1. The normalized spacial score (nSPS) is 18.8. The molecule has 1 unspecified atom stereocenters. The smallest absolute Gasteiger partial charge is 0.317 e. The van der Waals surface area contributed by atoms with Gasteiger partial charge in [-0.1, -0.05) is 0 Å². The Morgan fingerprint density at radius 2 is 2.20 bits per heavy atom. The van der Waals surface area contributed by atoms with Gasteiger partial charge in [0, 0.05) is 51.4 Å². The van der Waals surface area contributed by atoms with E-state index in [1.54, 1.807) is 26.5 Å². The van der Waals surface area contributed by atoms with E-state index in [0.29, 0.717) is 25.6 Å². The number of nitrogens with zero attached hydrogens (tertiary/aromatic N) is 3. The molecule has 158 valence electrons. The van der Waals surface area contributed by atoms with E-state index in [0.717, 1.165) is 39.8 Å². The minimum absolute atomic E-state index is 0.383. The molecule has 1 fully saturated rings. The van der Waals surface area contributed by atoms with Crippen molar-refractivity contribution in [1.29, 1.82) is 0 Å². The maximum absolute atomic E-state index is 11.3. The number of carbonyl (C=O) groups excluding carboxylic acids is 1. The zero-order chi connectivity index (χ0) is 21.3. The molecule has 1 aliphatic rings. The average molecular weight is 411 g/mol. The number of rotatable bonds is 6. The van der Waals surface area contributed by atoms with Crippen molar-refractivity contribution in [3.63, 3.8) is 0 Å². The summed E-state index contributed by atoms with van der Waals surface area (Å²) < 4.78 is 18.8. The monoisotopic (exact) mass is 411 g/mol. The van der Waals surface area contributed by atoms with Crippen molar-refractivity contribution >= 4 is 22.8 Å². The second kappa shape index (κ2) is 8.02. The first kappa shape index (κ1) is 20.3.